The fraction of sp³-hybridized carbons (Fsp3) is 0.640. The van der Waals surface area contributed by atoms with Gasteiger partial charge in [-0.05, 0) is 66.6 Å². The van der Waals surface area contributed by atoms with Crippen molar-refractivity contribution in [1.29, 1.82) is 5.26 Å². The normalized spacial score (nSPS) is 19.1. The van der Waals surface area contributed by atoms with E-state index in [1.807, 2.05) is 36.5 Å². The average molecular weight is 496 g/mol. The SMILES string of the molecule is Cc1nn(C2CCN(C)CC2)cc1Nc1ncc(C#N)c(NCCCN2CCCOC(C)(C)C2=O)n1. The van der Waals surface area contributed by atoms with E-state index in [0.29, 0.717) is 49.6 Å². The lowest BCUT2D eigenvalue weighted by Crippen LogP contribution is -2.45. The van der Waals surface area contributed by atoms with Gasteiger partial charge in [-0.1, -0.05) is 0 Å². The number of aromatic nitrogens is 4. The van der Waals surface area contributed by atoms with Crippen molar-refractivity contribution in [3.8, 4) is 6.07 Å². The predicted octanol–water partition coefficient (Wildman–Crippen LogP) is 2.69. The van der Waals surface area contributed by atoms with Crippen LogP contribution in [0.2, 0.25) is 0 Å². The Kier molecular flexibility index (Phi) is 8.06. The largest absolute Gasteiger partial charge is 0.369 e. The zero-order valence-electron chi connectivity index (χ0n) is 21.8. The van der Waals surface area contributed by atoms with E-state index < -0.39 is 5.60 Å². The minimum absolute atomic E-state index is 0.0161. The number of aryl methyl sites for hydroxylation is 1. The summed E-state index contributed by atoms with van der Waals surface area (Å²) in [5, 5.41) is 20.7. The maximum atomic E-state index is 12.7. The summed E-state index contributed by atoms with van der Waals surface area (Å²) in [5.74, 6) is 0.896. The standard InChI is InChI=1S/C25H37N9O2/c1-18-21(17-34(31-18)20-7-12-32(4)13-8-20)29-24-28-16-19(15-26)22(30-24)27-9-5-10-33-11-6-14-36-25(2,3)23(33)35/h16-17,20H,5-14H2,1-4H3,(H2,27,28,29,30). The third-order valence-electron chi connectivity index (χ3n) is 6.87. The molecule has 4 rings (SSSR count). The molecule has 0 spiro atoms. The topological polar surface area (TPSA) is 124 Å². The Hall–Kier alpha value is -3.23. The third kappa shape index (κ3) is 6.12. The van der Waals surface area contributed by atoms with Crippen LogP contribution in [0.1, 0.15) is 56.8 Å². The van der Waals surface area contributed by atoms with E-state index in [9.17, 15) is 10.1 Å². The second-order valence-electron chi connectivity index (χ2n) is 10.1. The van der Waals surface area contributed by atoms with Crippen LogP contribution in [-0.4, -0.2) is 87.4 Å². The number of nitriles is 1. The first-order valence-electron chi connectivity index (χ1n) is 12.7. The summed E-state index contributed by atoms with van der Waals surface area (Å²) in [6.45, 7) is 10.2. The number of likely N-dealkylation sites (tertiary alicyclic amines) is 1. The Balaban J connectivity index is 1.36. The maximum absolute atomic E-state index is 12.7. The Morgan fingerprint density at radius 1 is 1.28 bits per heavy atom. The molecule has 0 saturated carbocycles. The lowest BCUT2D eigenvalue weighted by Gasteiger charge is -2.28. The van der Waals surface area contributed by atoms with Crippen LogP contribution in [-0.2, 0) is 9.53 Å². The van der Waals surface area contributed by atoms with Crippen molar-refractivity contribution in [3.05, 3.63) is 23.7 Å². The monoisotopic (exact) mass is 495 g/mol. The molecule has 2 N–H and O–H groups in total. The zero-order valence-corrected chi connectivity index (χ0v) is 21.8. The van der Waals surface area contributed by atoms with Crippen LogP contribution in [0.4, 0.5) is 17.5 Å². The molecule has 0 aliphatic carbocycles. The fourth-order valence-corrected chi connectivity index (χ4v) is 4.65. The summed E-state index contributed by atoms with van der Waals surface area (Å²) in [5.41, 5.74) is 1.32. The molecule has 2 aliphatic rings. The van der Waals surface area contributed by atoms with E-state index >= 15 is 0 Å². The molecule has 36 heavy (non-hydrogen) atoms. The van der Waals surface area contributed by atoms with Gasteiger partial charge in [0, 0.05) is 32.4 Å². The molecule has 0 bridgehead atoms. The zero-order chi connectivity index (χ0) is 25.7. The van der Waals surface area contributed by atoms with E-state index in [0.717, 1.165) is 50.2 Å². The Bertz CT molecular complexity index is 1100. The molecular weight excluding hydrogens is 458 g/mol. The van der Waals surface area contributed by atoms with Gasteiger partial charge in [-0.3, -0.25) is 9.48 Å². The van der Waals surface area contributed by atoms with Crippen molar-refractivity contribution < 1.29 is 9.53 Å². The molecule has 0 radical (unpaired) electrons. The molecule has 0 unspecified atom stereocenters. The smallest absolute Gasteiger partial charge is 0.254 e. The highest BCUT2D eigenvalue weighted by Gasteiger charge is 2.34. The van der Waals surface area contributed by atoms with Crippen molar-refractivity contribution in [2.75, 3.05) is 57.0 Å². The van der Waals surface area contributed by atoms with E-state index in [4.69, 9.17) is 9.84 Å². The summed E-state index contributed by atoms with van der Waals surface area (Å²) in [4.78, 5) is 25.8. The number of nitrogens with one attached hydrogen (secondary N) is 2. The van der Waals surface area contributed by atoms with Gasteiger partial charge >= 0.3 is 0 Å². The van der Waals surface area contributed by atoms with Gasteiger partial charge in [0.1, 0.15) is 23.1 Å². The van der Waals surface area contributed by atoms with Gasteiger partial charge < -0.3 is 25.2 Å². The van der Waals surface area contributed by atoms with Crippen molar-refractivity contribution in [1.82, 2.24) is 29.5 Å². The average Bonchev–Trinajstić information content (AvgIpc) is 3.16. The number of hydrogen-bond donors (Lipinski definition) is 2. The highest BCUT2D eigenvalue weighted by atomic mass is 16.5. The van der Waals surface area contributed by atoms with Crippen molar-refractivity contribution >= 4 is 23.4 Å². The molecular formula is C25H37N9O2. The molecule has 2 aliphatic heterocycles. The first-order chi connectivity index (χ1) is 17.3. The predicted molar refractivity (Wildman–Crippen MR) is 137 cm³/mol. The summed E-state index contributed by atoms with van der Waals surface area (Å²) in [6, 6.07) is 2.54. The van der Waals surface area contributed by atoms with Crippen LogP contribution < -0.4 is 10.6 Å². The Morgan fingerprint density at radius 3 is 2.81 bits per heavy atom. The lowest BCUT2D eigenvalue weighted by molar-refractivity contribution is -0.149. The molecule has 2 aromatic heterocycles. The second kappa shape index (κ2) is 11.2. The summed E-state index contributed by atoms with van der Waals surface area (Å²) in [6.07, 6.45) is 7.24. The molecule has 194 valence electrons. The number of anilines is 3. The number of carbonyl (C=O) groups excluding carboxylic acids is 1. The van der Waals surface area contributed by atoms with E-state index in [-0.39, 0.29) is 5.91 Å². The van der Waals surface area contributed by atoms with Gasteiger partial charge in [0.25, 0.3) is 5.91 Å². The van der Waals surface area contributed by atoms with E-state index in [1.165, 1.54) is 6.20 Å². The van der Waals surface area contributed by atoms with E-state index in [2.05, 4.69) is 38.6 Å². The third-order valence-corrected chi connectivity index (χ3v) is 6.87. The van der Waals surface area contributed by atoms with Crippen molar-refractivity contribution in [2.24, 2.45) is 0 Å². The molecule has 0 aromatic carbocycles. The summed E-state index contributed by atoms with van der Waals surface area (Å²) >= 11 is 0. The second-order valence-corrected chi connectivity index (χ2v) is 10.1. The Labute approximate surface area is 212 Å². The number of amides is 1. The molecule has 11 nitrogen and oxygen atoms in total. The number of hydrogen-bond acceptors (Lipinski definition) is 9. The minimum atomic E-state index is -0.787. The number of rotatable bonds is 8. The van der Waals surface area contributed by atoms with Gasteiger partial charge in [0.05, 0.1) is 23.6 Å². The van der Waals surface area contributed by atoms with Crippen LogP contribution in [0.3, 0.4) is 0 Å². The highest BCUT2D eigenvalue weighted by molar-refractivity contribution is 5.84. The quantitative estimate of drug-likeness (QED) is 0.532. The molecule has 2 aromatic rings. The van der Waals surface area contributed by atoms with Gasteiger partial charge in [0.15, 0.2) is 0 Å². The van der Waals surface area contributed by atoms with Crippen LogP contribution in [0.25, 0.3) is 0 Å². The van der Waals surface area contributed by atoms with Crippen LogP contribution in [0.5, 0.6) is 0 Å². The van der Waals surface area contributed by atoms with Gasteiger partial charge in [-0.15, -0.1) is 0 Å². The molecule has 2 fully saturated rings. The molecule has 1 amide bonds. The number of piperidine rings is 1. The van der Waals surface area contributed by atoms with Crippen LogP contribution >= 0.6 is 0 Å². The summed E-state index contributed by atoms with van der Waals surface area (Å²) in [7, 11) is 2.15. The molecule has 11 heteroatoms. The van der Waals surface area contributed by atoms with Crippen LogP contribution in [0, 0.1) is 18.3 Å². The first kappa shape index (κ1) is 25.9. The first-order valence-corrected chi connectivity index (χ1v) is 12.7. The van der Waals surface area contributed by atoms with Gasteiger partial charge in [-0.2, -0.15) is 15.3 Å². The number of ether oxygens (including phenoxy) is 1. The molecule has 0 atom stereocenters. The van der Waals surface area contributed by atoms with E-state index in [1.54, 1.807) is 0 Å². The fourth-order valence-electron chi connectivity index (χ4n) is 4.65. The maximum Gasteiger partial charge on any atom is 0.254 e. The Morgan fingerprint density at radius 2 is 2.06 bits per heavy atom. The van der Waals surface area contributed by atoms with Crippen molar-refractivity contribution in [3.63, 3.8) is 0 Å². The molecule has 4 heterocycles. The van der Waals surface area contributed by atoms with Crippen molar-refractivity contribution in [2.45, 2.75) is 58.1 Å². The lowest BCUT2D eigenvalue weighted by atomic mass is 10.1. The highest BCUT2D eigenvalue weighted by Crippen LogP contribution is 2.26. The van der Waals surface area contributed by atoms with Gasteiger partial charge in [0.2, 0.25) is 5.95 Å². The summed E-state index contributed by atoms with van der Waals surface area (Å²) < 4.78 is 7.72. The number of carbonyl (C=O) groups is 1. The minimum Gasteiger partial charge on any atom is -0.369 e. The number of nitrogens with zero attached hydrogens (tertiary/aromatic N) is 7. The van der Waals surface area contributed by atoms with Crippen LogP contribution in [0.15, 0.2) is 12.4 Å². The molecule has 2 saturated heterocycles. The van der Waals surface area contributed by atoms with Gasteiger partial charge in [-0.25, -0.2) is 4.98 Å².